The van der Waals surface area contributed by atoms with Gasteiger partial charge in [0.2, 0.25) is 0 Å². The standard InChI is InChI=1S/C23H21ClF3N3O5/c24-12-1-4-17-14(7-12)16(31)8-18(34-17)20(33)30-22-6-5-21(10-22,11-22)29-19(32)15-3-2-13(9-28-15)35-23(25,26)27/h1-4,7,9,16,18,31H,5-6,8,10-11H2,(H,29,32)(H,30,33)/t16-,18-,21?,22?/m1/s1. The van der Waals surface area contributed by atoms with Crippen molar-refractivity contribution in [2.75, 3.05) is 0 Å². The number of rotatable bonds is 5. The summed E-state index contributed by atoms with van der Waals surface area (Å²) < 4.78 is 46.4. The second kappa shape index (κ2) is 8.27. The van der Waals surface area contributed by atoms with Gasteiger partial charge in [0.25, 0.3) is 11.8 Å². The van der Waals surface area contributed by atoms with E-state index in [1.807, 2.05) is 0 Å². The van der Waals surface area contributed by atoms with Crippen molar-refractivity contribution in [1.82, 2.24) is 15.6 Å². The molecule has 0 spiro atoms. The van der Waals surface area contributed by atoms with E-state index in [0.717, 1.165) is 18.3 Å². The zero-order valence-electron chi connectivity index (χ0n) is 18.2. The molecule has 1 aliphatic heterocycles. The summed E-state index contributed by atoms with van der Waals surface area (Å²) >= 11 is 5.97. The van der Waals surface area contributed by atoms with Crippen LogP contribution in [-0.4, -0.2) is 45.4 Å². The van der Waals surface area contributed by atoms with E-state index >= 15 is 0 Å². The summed E-state index contributed by atoms with van der Waals surface area (Å²) in [5.41, 5.74) is -0.511. The summed E-state index contributed by atoms with van der Waals surface area (Å²) in [5, 5.41) is 16.8. The third-order valence-corrected chi connectivity index (χ3v) is 6.97. The topological polar surface area (TPSA) is 110 Å². The fourth-order valence-corrected chi connectivity index (χ4v) is 5.49. The van der Waals surface area contributed by atoms with Crippen LogP contribution in [0.15, 0.2) is 36.5 Å². The van der Waals surface area contributed by atoms with E-state index in [1.165, 1.54) is 0 Å². The first kappa shape index (κ1) is 23.7. The molecule has 2 aromatic rings. The number of ether oxygens (including phenoxy) is 2. The van der Waals surface area contributed by atoms with Crippen LogP contribution in [-0.2, 0) is 4.79 Å². The normalized spacial score (nSPS) is 28.8. The Morgan fingerprint density at radius 2 is 1.86 bits per heavy atom. The molecule has 2 heterocycles. The SMILES string of the molecule is O=C(NC12CCC(NC(=O)[C@H]3C[C@@H](O)c4cc(Cl)ccc4O3)(C1)C2)c1ccc(OC(F)(F)F)cn1. The third-order valence-electron chi connectivity index (χ3n) is 6.74. The summed E-state index contributed by atoms with van der Waals surface area (Å²) in [7, 11) is 0. The highest BCUT2D eigenvalue weighted by atomic mass is 35.5. The van der Waals surface area contributed by atoms with E-state index in [9.17, 15) is 27.9 Å². The summed E-state index contributed by atoms with van der Waals surface area (Å²) in [5.74, 6) is -0.960. The molecule has 0 unspecified atom stereocenters. The number of alkyl halides is 3. The number of fused-ring (bicyclic) bond motifs is 2. The Morgan fingerprint density at radius 1 is 1.14 bits per heavy atom. The first-order valence-electron chi connectivity index (χ1n) is 11.0. The van der Waals surface area contributed by atoms with Crippen molar-refractivity contribution in [1.29, 1.82) is 0 Å². The van der Waals surface area contributed by atoms with Crippen LogP contribution in [0.25, 0.3) is 0 Å². The maximum atomic E-state index is 12.9. The highest BCUT2D eigenvalue weighted by Gasteiger charge is 2.62. The number of halogens is 4. The lowest BCUT2D eigenvalue weighted by Crippen LogP contribution is -2.65. The van der Waals surface area contributed by atoms with E-state index in [4.69, 9.17) is 16.3 Å². The molecule has 0 radical (unpaired) electrons. The Kier molecular flexibility index (Phi) is 5.59. The van der Waals surface area contributed by atoms with E-state index in [-0.39, 0.29) is 18.0 Å². The molecule has 4 aliphatic rings. The van der Waals surface area contributed by atoms with Gasteiger partial charge >= 0.3 is 6.36 Å². The quantitative estimate of drug-likeness (QED) is 0.567. The zero-order valence-corrected chi connectivity index (χ0v) is 18.9. The third kappa shape index (κ3) is 4.74. The average molecular weight is 512 g/mol. The highest BCUT2D eigenvalue weighted by molar-refractivity contribution is 6.30. The van der Waals surface area contributed by atoms with Crippen molar-refractivity contribution in [3.8, 4) is 11.5 Å². The minimum absolute atomic E-state index is 0.0364. The van der Waals surface area contributed by atoms with Crippen LogP contribution in [0.5, 0.6) is 11.5 Å². The van der Waals surface area contributed by atoms with Gasteiger partial charge in [-0.05, 0) is 56.0 Å². The molecule has 12 heteroatoms. The highest BCUT2D eigenvalue weighted by Crippen LogP contribution is 2.55. The fourth-order valence-electron chi connectivity index (χ4n) is 5.31. The molecule has 1 aromatic heterocycles. The minimum atomic E-state index is -4.84. The zero-order chi connectivity index (χ0) is 25.0. The maximum Gasteiger partial charge on any atom is 0.573 e. The van der Waals surface area contributed by atoms with Gasteiger partial charge in [0.05, 0.1) is 12.3 Å². The molecular formula is C23H21ClF3N3O5. The summed E-state index contributed by atoms with van der Waals surface area (Å²) in [6, 6.07) is 7.04. The lowest BCUT2D eigenvalue weighted by atomic mass is 9.71. The molecule has 2 atom stereocenters. The number of pyridine rings is 1. The number of nitrogens with zero attached hydrogens (tertiary/aromatic N) is 1. The van der Waals surface area contributed by atoms with Crippen LogP contribution < -0.4 is 20.1 Å². The molecule has 0 saturated heterocycles. The molecule has 2 amide bonds. The molecule has 3 N–H and O–H groups in total. The van der Waals surface area contributed by atoms with Crippen molar-refractivity contribution >= 4 is 23.4 Å². The molecule has 3 fully saturated rings. The molecular weight excluding hydrogens is 491 g/mol. The Morgan fingerprint density at radius 3 is 2.51 bits per heavy atom. The number of hydrogen-bond donors (Lipinski definition) is 3. The van der Waals surface area contributed by atoms with Crippen molar-refractivity contribution in [2.24, 2.45) is 0 Å². The first-order valence-corrected chi connectivity index (χ1v) is 11.3. The van der Waals surface area contributed by atoms with Gasteiger partial charge in [-0.1, -0.05) is 11.6 Å². The fraction of sp³-hybridized carbons (Fsp3) is 0.435. The molecule has 6 rings (SSSR count). The Hall–Kier alpha value is -3.05. The van der Waals surface area contributed by atoms with Gasteiger partial charge in [-0.15, -0.1) is 13.2 Å². The van der Waals surface area contributed by atoms with E-state index in [1.54, 1.807) is 18.2 Å². The predicted octanol–water partition coefficient (Wildman–Crippen LogP) is 3.43. The first-order chi connectivity index (χ1) is 16.4. The van der Waals surface area contributed by atoms with Gasteiger partial charge in [0.15, 0.2) is 6.10 Å². The average Bonchev–Trinajstić information content (AvgIpc) is 3.28. The second-order valence-electron chi connectivity index (χ2n) is 9.32. The van der Waals surface area contributed by atoms with E-state index in [0.29, 0.717) is 42.0 Å². The van der Waals surface area contributed by atoms with Crippen molar-refractivity contribution in [3.63, 3.8) is 0 Å². The van der Waals surface area contributed by atoms with E-state index < -0.39 is 41.3 Å². The number of carbonyl (C=O) groups is 2. The number of aliphatic hydroxyl groups excluding tert-OH is 1. The molecule has 2 bridgehead atoms. The molecule has 3 saturated carbocycles. The summed E-state index contributed by atoms with van der Waals surface area (Å²) in [6.45, 7) is 0. The predicted molar refractivity (Wildman–Crippen MR) is 116 cm³/mol. The number of aliphatic hydroxyl groups is 1. The molecule has 186 valence electrons. The molecule has 35 heavy (non-hydrogen) atoms. The van der Waals surface area contributed by atoms with Crippen LogP contribution in [0.1, 0.15) is 54.3 Å². The van der Waals surface area contributed by atoms with Gasteiger partial charge in [-0.3, -0.25) is 9.59 Å². The molecule has 1 aromatic carbocycles. The number of amides is 2. The summed E-state index contributed by atoms with van der Waals surface area (Å²) in [6.07, 6.45) is -3.36. The van der Waals surface area contributed by atoms with Crippen LogP contribution in [0.2, 0.25) is 5.02 Å². The number of nitrogens with one attached hydrogen (secondary N) is 2. The lowest BCUT2D eigenvalue weighted by Gasteiger charge is -2.48. The summed E-state index contributed by atoms with van der Waals surface area (Å²) in [4.78, 5) is 29.3. The monoisotopic (exact) mass is 511 g/mol. The molecule has 8 nitrogen and oxygen atoms in total. The number of aromatic nitrogens is 1. The van der Waals surface area contributed by atoms with Crippen molar-refractivity contribution < 1.29 is 37.3 Å². The lowest BCUT2D eigenvalue weighted by molar-refractivity contribution is -0.274. The second-order valence-corrected chi connectivity index (χ2v) is 9.76. The van der Waals surface area contributed by atoms with Crippen molar-refractivity contribution in [2.45, 2.75) is 61.8 Å². The molecule has 3 aliphatic carbocycles. The number of benzene rings is 1. The van der Waals surface area contributed by atoms with Gasteiger partial charge in [0, 0.05) is 28.1 Å². The van der Waals surface area contributed by atoms with Crippen LogP contribution in [0, 0.1) is 0 Å². The van der Waals surface area contributed by atoms with Crippen molar-refractivity contribution in [3.05, 3.63) is 52.8 Å². The van der Waals surface area contributed by atoms with Gasteiger partial charge in [-0.2, -0.15) is 0 Å². The van der Waals surface area contributed by atoms with Crippen LogP contribution in [0.4, 0.5) is 13.2 Å². The Labute approximate surface area is 202 Å². The largest absolute Gasteiger partial charge is 0.573 e. The number of hydrogen-bond acceptors (Lipinski definition) is 6. The van der Waals surface area contributed by atoms with Gasteiger partial charge in [0.1, 0.15) is 17.2 Å². The maximum absolute atomic E-state index is 12.9. The van der Waals surface area contributed by atoms with Gasteiger partial charge < -0.3 is 25.2 Å². The van der Waals surface area contributed by atoms with Crippen LogP contribution >= 0.6 is 11.6 Å². The number of carbonyl (C=O) groups excluding carboxylic acids is 2. The Balaban J connectivity index is 1.17. The smallest absolute Gasteiger partial charge is 0.480 e. The Bertz CT molecular complexity index is 1170. The van der Waals surface area contributed by atoms with Crippen LogP contribution in [0.3, 0.4) is 0 Å². The minimum Gasteiger partial charge on any atom is -0.480 e. The van der Waals surface area contributed by atoms with Gasteiger partial charge in [-0.25, -0.2) is 4.98 Å². The van der Waals surface area contributed by atoms with E-state index in [2.05, 4.69) is 20.4 Å².